The Morgan fingerprint density at radius 1 is 0.404 bits per heavy atom. The highest BCUT2D eigenvalue weighted by Gasteiger charge is 2.27. The van der Waals surface area contributed by atoms with Crippen LogP contribution in [-0.4, -0.2) is 20.7 Å². The molecule has 6 heteroatoms. The number of hydrogen-bond donors (Lipinski definition) is 2. The van der Waals surface area contributed by atoms with Gasteiger partial charge in [-0.1, -0.05) is 121 Å². The molecular weight excluding hydrogens is 637 g/mol. The molecule has 3 aromatic heterocycles. The zero-order valence-electron chi connectivity index (χ0n) is 27.8. The number of aliphatic imine (C=N–C) groups is 1. The van der Waals surface area contributed by atoms with Crippen molar-refractivity contribution in [2.24, 2.45) is 4.99 Å². The molecular formula is C46H28N6. The first kappa shape index (κ1) is 30.5. The molecule has 0 fully saturated rings. The van der Waals surface area contributed by atoms with Gasteiger partial charge in [0.25, 0.3) is 0 Å². The summed E-state index contributed by atoms with van der Waals surface area (Å²) in [5, 5.41) is 21.7. The van der Waals surface area contributed by atoms with Gasteiger partial charge in [0.05, 0.1) is 22.6 Å². The summed E-state index contributed by atoms with van der Waals surface area (Å²) in [4.78, 5) is 17.7. The van der Waals surface area contributed by atoms with Crippen LogP contribution in [0.5, 0.6) is 0 Å². The van der Waals surface area contributed by atoms with E-state index in [2.05, 4.69) is 58.5 Å². The molecule has 0 aliphatic carbocycles. The number of benzene rings is 4. The fourth-order valence-electron chi connectivity index (χ4n) is 7.24. The third kappa shape index (κ3) is 5.11. The summed E-state index contributed by atoms with van der Waals surface area (Å²) in [6.45, 7) is 0. The van der Waals surface area contributed by atoms with Crippen molar-refractivity contribution in [3.63, 3.8) is 0 Å². The highest BCUT2D eigenvalue weighted by molar-refractivity contribution is 6.23. The van der Waals surface area contributed by atoms with Crippen molar-refractivity contribution < 1.29 is 0 Å². The minimum absolute atomic E-state index is 0.178. The molecule has 0 atom stereocenters. The third-order valence-electron chi connectivity index (χ3n) is 9.50. The average Bonchev–Trinajstić information content (AvgIpc) is 4.03. The largest absolute Gasteiger partial charge is 0.354 e. The van der Waals surface area contributed by atoms with Gasteiger partial charge in [0.2, 0.25) is 0 Å². The number of aromatic amines is 2. The van der Waals surface area contributed by atoms with Crippen LogP contribution in [0.1, 0.15) is 22.5 Å². The quantitative estimate of drug-likeness (QED) is 0.196. The van der Waals surface area contributed by atoms with Gasteiger partial charge in [-0.05, 0) is 58.7 Å². The normalized spacial score (nSPS) is 11.8. The number of nitriles is 2. The van der Waals surface area contributed by atoms with Crippen molar-refractivity contribution in [3.8, 4) is 56.6 Å². The SMILES string of the molecule is N#CC1=Nc2c(C#N)c1c(-c1ccccc1)c1ccc([nH]1)c(-c1ccccc1)c1nc(c(-c3ccccc3)c3ccc([nH]3)c2-c2ccccc2)C=C1. The second-order valence-corrected chi connectivity index (χ2v) is 12.5. The molecule has 6 nitrogen and oxygen atoms in total. The van der Waals surface area contributed by atoms with E-state index >= 15 is 0 Å². The summed E-state index contributed by atoms with van der Waals surface area (Å²) >= 11 is 0. The van der Waals surface area contributed by atoms with Crippen LogP contribution >= 0.6 is 0 Å². The van der Waals surface area contributed by atoms with E-state index in [1.165, 1.54) is 0 Å². The maximum Gasteiger partial charge on any atom is 0.150 e. The third-order valence-corrected chi connectivity index (χ3v) is 9.50. The molecule has 0 radical (unpaired) electrons. The molecule has 0 saturated heterocycles. The van der Waals surface area contributed by atoms with Crippen LogP contribution in [0, 0.1) is 22.7 Å². The van der Waals surface area contributed by atoms with Crippen molar-refractivity contribution in [2.75, 3.05) is 0 Å². The van der Waals surface area contributed by atoms with Gasteiger partial charge in [0.1, 0.15) is 12.1 Å². The predicted molar refractivity (Wildman–Crippen MR) is 210 cm³/mol. The molecule has 8 bridgehead atoms. The van der Waals surface area contributed by atoms with Crippen molar-refractivity contribution in [1.82, 2.24) is 15.0 Å². The molecule has 2 aliphatic heterocycles. The van der Waals surface area contributed by atoms with E-state index in [9.17, 15) is 10.5 Å². The zero-order chi connectivity index (χ0) is 35.0. The number of aromatic nitrogens is 3. The van der Waals surface area contributed by atoms with Crippen LogP contribution in [0.15, 0.2) is 151 Å². The monoisotopic (exact) mass is 664 g/mol. The molecule has 4 aromatic carbocycles. The summed E-state index contributed by atoms with van der Waals surface area (Å²) < 4.78 is 0. The van der Waals surface area contributed by atoms with Crippen molar-refractivity contribution in [2.45, 2.75) is 0 Å². The summed E-state index contributed by atoms with van der Waals surface area (Å²) in [7, 11) is 0. The average molecular weight is 665 g/mol. The number of H-pyrrole nitrogens is 2. The summed E-state index contributed by atoms with van der Waals surface area (Å²) in [5.74, 6) is 0. The molecule has 52 heavy (non-hydrogen) atoms. The summed E-state index contributed by atoms with van der Waals surface area (Å²) in [6.07, 6.45) is 4.14. The first-order chi connectivity index (χ1) is 25.7. The Morgan fingerprint density at radius 2 is 0.788 bits per heavy atom. The maximum atomic E-state index is 11.0. The van der Waals surface area contributed by atoms with E-state index in [0.29, 0.717) is 22.4 Å². The van der Waals surface area contributed by atoms with E-state index in [1.54, 1.807) is 0 Å². The Morgan fingerprint density at radius 3 is 1.21 bits per heavy atom. The Bertz CT molecular complexity index is 2830. The van der Waals surface area contributed by atoms with Crippen molar-refractivity contribution in [1.29, 1.82) is 10.5 Å². The van der Waals surface area contributed by atoms with E-state index < -0.39 is 0 Å². The molecule has 0 unspecified atom stereocenters. The molecule has 0 spiro atoms. The van der Waals surface area contributed by atoms with Gasteiger partial charge in [-0.15, -0.1) is 0 Å². The first-order valence-electron chi connectivity index (χ1n) is 17.0. The van der Waals surface area contributed by atoms with Crippen LogP contribution in [-0.2, 0) is 0 Å². The number of fused-ring (bicyclic) bond motifs is 8. The molecule has 0 saturated carbocycles. The Hall–Kier alpha value is -7.54. The Kier molecular flexibility index (Phi) is 7.47. The van der Waals surface area contributed by atoms with E-state index in [1.807, 2.05) is 121 Å². The Balaban J connectivity index is 1.56. The molecule has 2 N–H and O–H groups in total. The van der Waals surface area contributed by atoms with Gasteiger partial charge in [-0.25, -0.2) is 9.98 Å². The van der Waals surface area contributed by atoms with Crippen LogP contribution < -0.4 is 0 Å². The second kappa shape index (κ2) is 12.7. The molecule has 2 aliphatic rings. The van der Waals surface area contributed by atoms with E-state index in [0.717, 1.165) is 72.4 Å². The van der Waals surface area contributed by atoms with Crippen LogP contribution in [0.2, 0.25) is 0 Å². The highest BCUT2D eigenvalue weighted by Crippen LogP contribution is 2.44. The maximum absolute atomic E-state index is 11.0. The lowest BCUT2D eigenvalue weighted by Gasteiger charge is -2.08. The van der Waals surface area contributed by atoms with Gasteiger partial charge in [-0.2, -0.15) is 10.5 Å². The van der Waals surface area contributed by atoms with Crippen LogP contribution in [0.4, 0.5) is 5.69 Å². The topological polar surface area (TPSA) is 104 Å². The van der Waals surface area contributed by atoms with Gasteiger partial charge < -0.3 is 9.97 Å². The molecule has 9 rings (SSSR count). The number of rotatable bonds is 4. The van der Waals surface area contributed by atoms with Crippen molar-refractivity contribution >= 4 is 45.6 Å². The number of nitrogens with zero attached hydrogens (tertiary/aromatic N) is 4. The minimum atomic E-state index is 0.178. The molecule has 0 amide bonds. The lowest BCUT2D eigenvalue weighted by atomic mass is 9.94. The van der Waals surface area contributed by atoms with E-state index in [4.69, 9.17) is 9.98 Å². The van der Waals surface area contributed by atoms with Gasteiger partial charge in [-0.3, -0.25) is 0 Å². The van der Waals surface area contributed by atoms with Crippen LogP contribution in [0.3, 0.4) is 0 Å². The summed E-state index contributed by atoms with van der Waals surface area (Å²) in [6, 6.07) is 53.2. The highest BCUT2D eigenvalue weighted by atomic mass is 14.8. The zero-order valence-corrected chi connectivity index (χ0v) is 27.8. The molecule has 242 valence electrons. The van der Waals surface area contributed by atoms with Crippen LogP contribution in [0.25, 0.3) is 78.7 Å². The molecule has 5 heterocycles. The van der Waals surface area contributed by atoms with Gasteiger partial charge in [0, 0.05) is 49.9 Å². The smallest absolute Gasteiger partial charge is 0.150 e. The molecule has 7 aromatic rings. The minimum Gasteiger partial charge on any atom is -0.354 e. The lowest BCUT2D eigenvalue weighted by molar-refractivity contribution is 1.32. The lowest BCUT2D eigenvalue weighted by Crippen LogP contribution is -1.98. The number of nitrogens with one attached hydrogen (secondary N) is 2. The second-order valence-electron chi connectivity index (χ2n) is 12.5. The number of hydrogen-bond acceptors (Lipinski definition) is 4. The predicted octanol–water partition coefficient (Wildman–Crippen LogP) is 11.3. The standard InChI is InChI=1S/C46H28N6/c47-27-33-45-40(28-48)52-46(33)44(32-19-11-4-12-20-32)39-26-24-37(51-39)42(30-15-7-2-8-16-30)35-22-21-34(49-35)41(29-13-5-1-6-14-29)36-23-25-38(50-36)43(45)31-17-9-3-10-18-31/h1-26,50-51H. The fraction of sp³-hybridized carbons (Fsp3) is 0. The fourth-order valence-corrected chi connectivity index (χ4v) is 7.24. The van der Waals surface area contributed by atoms with Gasteiger partial charge in [0.15, 0.2) is 5.71 Å². The Labute approximate surface area is 300 Å². The summed E-state index contributed by atoms with van der Waals surface area (Å²) in [5.41, 5.74) is 13.3. The van der Waals surface area contributed by atoms with Gasteiger partial charge >= 0.3 is 0 Å². The van der Waals surface area contributed by atoms with Crippen molar-refractivity contribution in [3.05, 3.63) is 168 Å². The van der Waals surface area contributed by atoms with E-state index in [-0.39, 0.29) is 5.71 Å². The first-order valence-corrected chi connectivity index (χ1v) is 17.0.